The summed E-state index contributed by atoms with van der Waals surface area (Å²) < 4.78 is 2.09. The minimum atomic E-state index is 0.797. The van der Waals surface area contributed by atoms with Gasteiger partial charge >= 0.3 is 0 Å². The van der Waals surface area contributed by atoms with Crippen LogP contribution in [0.4, 0.5) is 17.5 Å². The first-order valence-corrected chi connectivity index (χ1v) is 9.39. The van der Waals surface area contributed by atoms with Crippen molar-refractivity contribution in [1.29, 1.82) is 0 Å². The van der Waals surface area contributed by atoms with Crippen LogP contribution >= 0.6 is 0 Å². The third-order valence-corrected chi connectivity index (χ3v) is 5.01. The molecule has 6 nitrogen and oxygen atoms in total. The normalized spacial score (nSPS) is 14.2. The maximum Gasteiger partial charge on any atom is 0.229 e. The van der Waals surface area contributed by atoms with Gasteiger partial charge in [-0.2, -0.15) is 9.97 Å². The maximum atomic E-state index is 4.86. The zero-order chi connectivity index (χ0) is 18.2. The number of nitrogens with zero attached hydrogens (tertiary/aromatic N) is 4. The molecule has 136 valence electrons. The van der Waals surface area contributed by atoms with Crippen LogP contribution < -0.4 is 10.2 Å². The summed E-state index contributed by atoms with van der Waals surface area (Å²) in [4.78, 5) is 15.2. The van der Waals surface area contributed by atoms with E-state index in [9.17, 15) is 0 Å². The molecule has 0 unspecified atom stereocenters. The van der Waals surface area contributed by atoms with E-state index >= 15 is 0 Å². The molecule has 0 spiro atoms. The first-order chi connectivity index (χ1) is 13.3. The number of rotatable bonds is 4. The van der Waals surface area contributed by atoms with E-state index in [0.29, 0.717) is 0 Å². The highest BCUT2D eigenvalue weighted by atomic mass is 15.3. The van der Waals surface area contributed by atoms with E-state index in [4.69, 9.17) is 9.97 Å². The Morgan fingerprint density at radius 1 is 1.00 bits per heavy atom. The third-order valence-electron chi connectivity index (χ3n) is 5.01. The fraction of sp³-hybridized carbons (Fsp3) is 0.238. The van der Waals surface area contributed by atoms with Gasteiger partial charge in [-0.15, -0.1) is 0 Å². The lowest BCUT2D eigenvalue weighted by Gasteiger charge is -2.17. The Labute approximate surface area is 157 Å². The van der Waals surface area contributed by atoms with Crippen LogP contribution in [0, 0.1) is 6.92 Å². The molecule has 4 aromatic rings. The van der Waals surface area contributed by atoms with Crippen LogP contribution in [0.3, 0.4) is 0 Å². The summed E-state index contributed by atoms with van der Waals surface area (Å²) in [5, 5.41) is 4.53. The van der Waals surface area contributed by atoms with Crippen LogP contribution in [0.25, 0.3) is 16.7 Å². The van der Waals surface area contributed by atoms with Crippen LogP contribution in [0.15, 0.2) is 54.9 Å². The van der Waals surface area contributed by atoms with Gasteiger partial charge in [0.1, 0.15) is 11.5 Å². The summed E-state index contributed by atoms with van der Waals surface area (Å²) in [5.74, 6) is 1.64. The summed E-state index contributed by atoms with van der Waals surface area (Å²) in [5.41, 5.74) is 4.09. The second kappa shape index (κ2) is 6.46. The van der Waals surface area contributed by atoms with Crippen molar-refractivity contribution in [3.8, 4) is 5.69 Å². The first kappa shape index (κ1) is 15.9. The van der Waals surface area contributed by atoms with Crippen molar-refractivity contribution in [3.63, 3.8) is 0 Å². The number of benzene rings is 1. The number of aromatic nitrogens is 4. The van der Waals surface area contributed by atoms with Gasteiger partial charge in [0, 0.05) is 42.6 Å². The third kappa shape index (κ3) is 3.03. The van der Waals surface area contributed by atoms with Crippen molar-refractivity contribution >= 4 is 28.5 Å². The lowest BCUT2D eigenvalue weighted by Crippen LogP contribution is -2.20. The van der Waals surface area contributed by atoms with Crippen LogP contribution in [0.1, 0.15) is 18.5 Å². The number of hydrogen-bond donors (Lipinski definition) is 2. The molecule has 4 heterocycles. The lowest BCUT2D eigenvalue weighted by atomic mass is 10.2. The molecule has 0 bridgehead atoms. The van der Waals surface area contributed by atoms with Gasteiger partial charge in [0.15, 0.2) is 0 Å². The van der Waals surface area contributed by atoms with E-state index in [1.165, 1.54) is 12.8 Å². The van der Waals surface area contributed by atoms with Gasteiger partial charge in [-0.05, 0) is 56.2 Å². The largest absolute Gasteiger partial charge is 0.343 e. The Kier molecular flexibility index (Phi) is 3.81. The second-order valence-electron chi connectivity index (χ2n) is 7.05. The summed E-state index contributed by atoms with van der Waals surface area (Å²) in [6, 6.07) is 14.5. The maximum absolute atomic E-state index is 4.86. The molecule has 27 heavy (non-hydrogen) atoms. The standard InChI is InChI=1S/C21H22N6/c1-15-13-18-19(22-15)24-21(27-11-4-5-12-27)25-20(18)23-16-7-6-8-17(14-16)26-9-2-3-10-26/h2-3,6-10,13-14H,4-5,11-12H2,1H3,(H2,22,23,24,25). The van der Waals surface area contributed by atoms with E-state index < -0.39 is 0 Å². The molecular weight excluding hydrogens is 336 g/mol. The molecule has 1 fully saturated rings. The molecule has 0 amide bonds. The molecule has 1 aliphatic heterocycles. The van der Waals surface area contributed by atoms with Crippen molar-refractivity contribution in [1.82, 2.24) is 19.5 Å². The average molecular weight is 358 g/mol. The predicted octanol–water partition coefficient (Wildman–Crippen LogP) is 4.40. The molecule has 2 N–H and O–H groups in total. The van der Waals surface area contributed by atoms with Crippen molar-refractivity contribution in [3.05, 3.63) is 60.6 Å². The van der Waals surface area contributed by atoms with Crippen molar-refractivity contribution in [2.24, 2.45) is 0 Å². The molecule has 1 aromatic carbocycles. The first-order valence-electron chi connectivity index (χ1n) is 9.39. The number of H-pyrrole nitrogens is 1. The second-order valence-corrected chi connectivity index (χ2v) is 7.05. The molecule has 3 aromatic heterocycles. The van der Waals surface area contributed by atoms with Crippen molar-refractivity contribution < 1.29 is 0 Å². The van der Waals surface area contributed by atoms with Crippen LogP contribution in [0.5, 0.6) is 0 Å². The highest BCUT2D eigenvalue weighted by molar-refractivity contribution is 5.91. The van der Waals surface area contributed by atoms with E-state index in [1.54, 1.807) is 0 Å². The number of aryl methyl sites for hydroxylation is 1. The smallest absolute Gasteiger partial charge is 0.229 e. The number of aromatic amines is 1. The highest BCUT2D eigenvalue weighted by Crippen LogP contribution is 2.29. The Morgan fingerprint density at radius 2 is 1.81 bits per heavy atom. The topological polar surface area (TPSA) is 61.8 Å². The van der Waals surface area contributed by atoms with Crippen molar-refractivity contribution in [2.45, 2.75) is 19.8 Å². The van der Waals surface area contributed by atoms with Gasteiger partial charge in [-0.25, -0.2) is 0 Å². The van der Waals surface area contributed by atoms with Crippen LogP contribution in [0.2, 0.25) is 0 Å². The van der Waals surface area contributed by atoms with Gasteiger partial charge in [0.2, 0.25) is 5.95 Å². The molecule has 0 saturated carbocycles. The van der Waals surface area contributed by atoms with E-state index in [2.05, 4.69) is 50.1 Å². The zero-order valence-electron chi connectivity index (χ0n) is 15.3. The number of nitrogens with one attached hydrogen (secondary N) is 2. The van der Waals surface area contributed by atoms with E-state index in [1.807, 2.05) is 31.5 Å². The van der Waals surface area contributed by atoms with Crippen molar-refractivity contribution in [2.75, 3.05) is 23.3 Å². The average Bonchev–Trinajstić information content (AvgIpc) is 3.43. The Balaban J connectivity index is 1.55. The van der Waals surface area contributed by atoms with Gasteiger partial charge in [0.25, 0.3) is 0 Å². The highest BCUT2D eigenvalue weighted by Gasteiger charge is 2.18. The number of hydrogen-bond acceptors (Lipinski definition) is 4. The van der Waals surface area contributed by atoms with Gasteiger partial charge in [0.05, 0.1) is 5.39 Å². The van der Waals surface area contributed by atoms with Gasteiger partial charge in [-0.3, -0.25) is 0 Å². The molecular formula is C21H22N6. The molecule has 0 aliphatic carbocycles. The SMILES string of the molecule is Cc1cc2c(Nc3cccc(-n4cccc4)c3)nc(N3CCCC3)nc2[nH]1. The molecule has 1 aliphatic rings. The summed E-state index contributed by atoms with van der Waals surface area (Å²) >= 11 is 0. The van der Waals surface area contributed by atoms with Gasteiger partial charge < -0.3 is 19.8 Å². The number of fused-ring (bicyclic) bond motifs is 1. The molecule has 0 atom stereocenters. The summed E-state index contributed by atoms with van der Waals surface area (Å²) in [7, 11) is 0. The fourth-order valence-electron chi connectivity index (χ4n) is 3.67. The molecule has 1 saturated heterocycles. The van der Waals surface area contributed by atoms with E-state index in [-0.39, 0.29) is 0 Å². The fourth-order valence-corrected chi connectivity index (χ4v) is 3.67. The monoisotopic (exact) mass is 358 g/mol. The minimum absolute atomic E-state index is 0.797. The van der Waals surface area contributed by atoms with Crippen LogP contribution in [-0.2, 0) is 0 Å². The molecule has 0 radical (unpaired) electrons. The summed E-state index contributed by atoms with van der Waals surface area (Å²) in [6.07, 6.45) is 6.49. The van der Waals surface area contributed by atoms with Gasteiger partial charge in [-0.1, -0.05) is 6.07 Å². The molecule has 5 rings (SSSR count). The Morgan fingerprint density at radius 3 is 2.63 bits per heavy atom. The van der Waals surface area contributed by atoms with Crippen LogP contribution in [-0.4, -0.2) is 32.6 Å². The molecule has 6 heteroatoms. The zero-order valence-corrected chi connectivity index (χ0v) is 15.3. The Bertz CT molecular complexity index is 1070. The quantitative estimate of drug-likeness (QED) is 0.568. The minimum Gasteiger partial charge on any atom is -0.343 e. The number of anilines is 3. The summed E-state index contributed by atoms with van der Waals surface area (Å²) in [6.45, 7) is 4.09. The Hall–Kier alpha value is -3.28. The van der Waals surface area contributed by atoms with E-state index in [0.717, 1.165) is 53.0 Å². The lowest BCUT2D eigenvalue weighted by molar-refractivity contribution is 0.907. The predicted molar refractivity (Wildman–Crippen MR) is 109 cm³/mol.